The van der Waals surface area contributed by atoms with E-state index in [2.05, 4.69) is 0 Å². The molecular weight excluding hydrogens is 487 g/mol. The molecule has 37 heavy (non-hydrogen) atoms. The van der Waals surface area contributed by atoms with E-state index in [1.807, 2.05) is 45.0 Å². The minimum absolute atomic E-state index is 0.0132. The van der Waals surface area contributed by atoms with Crippen molar-refractivity contribution < 1.29 is 14.3 Å². The van der Waals surface area contributed by atoms with E-state index in [0.717, 1.165) is 11.3 Å². The lowest BCUT2D eigenvalue weighted by atomic mass is 9.67. The number of amidine groups is 1. The number of ketones is 1. The van der Waals surface area contributed by atoms with Gasteiger partial charge in [0.1, 0.15) is 17.4 Å². The van der Waals surface area contributed by atoms with Crippen LogP contribution in [-0.4, -0.2) is 16.7 Å². The zero-order valence-electron chi connectivity index (χ0n) is 21.0. The molecule has 188 valence electrons. The Morgan fingerprint density at radius 3 is 2.35 bits per heavy atom. The van der Waals surface area contributed by atoms with Gasteiger partial charge >= 0.3 is 0 Å². The first-order chi connectivity index (χ1) is 17.6. The second-order valence-corrected chi connectivity index (χ2v) is 10.9. The van der Waals surface area contributed by atoms with Gasteiger partial charge in [-0.2, -0.15) is 0 Å². The quantitative estimate of drug-likeness (QED) is 0.348. The van der Waals surface area contributed by atoms with Crippen molar-refractivity contribution in [3.63, 3.8) is 0 Å². The van der Waals surface area contributed by atoms with Crippen molar-refractivity contribution in [2.24, 2.45) is 5.41 Å². The van der Waals surface area contributed by atoms with Crippen molar-refractivity contribution >= 4 is 34.7 Å². The number of nitrogens with zero attached hydrogens (tertiary/aromatic N) is 1. The van der Waals surface area contributed by atoms with E-state index in [0.29, 0.717) is 34.7 Å². The summed E-state index contributed by atoms with van der Waals surface area (Å²) < 4.78 is 15.4. The summed E-state index contributed by atoms with van der Waals surface area (Å²) in [5, 5.41) is 21.6. The van der Waals surface area contributed by atoms with E-state index < -0.39 is 11.7 Å². The number of benzene rings is 3. The van der Waals surface area contributed by atoms with Crippen LogP contribution in [0.25, 0.3) is 5.76 Å². The maximum absolute atomic E-state index is 15.4. The van der Waals surface area contributed by atoms with Gasteiger partial charge in [-0.05, 0) is 60.7 Å². The van der Waals surface area contributed by atoms with Crippen LogP contribution >= 0.6 is 11.6 Å². The molecular formula is C31H28ClFN2O2. The number of halogens is 2. The van der Waals surface area contributed by atoms with Crippen LogP contribution in [0, 0.1) is 23.6 Å². The van der Waals surface area contributed by atoms with E-state index in [1.165, 1.54) is 6.07 Å². The average Bonchev–Trinajstić information content (AvgIpc) is 2.84. The van der Waals surface area contributed by atoms with E-state index in [1.54, 1.807) is 47.4 Å². The number of aryl methyl sites for hydroxylation is 1. The third kappa shape index (κ3) is 4.38. The second kappa shape index (κ2) is 9.31. The Bertz CT molecular complexity index is 1490. The lowest BCUT2D eigenvalue weighted by Gasteiger charge is -2.45. The molecule has 1 unspecified atom stereocenters. The van der Waals surface area contributed by atoms with Crippen LogP contribution in [0.4, 0.5) is 10.1 Å². The summed E-state index contributed by atoms with van der Waals surface area (Å²) >= 11 is 6.08. The number of aliphatic hydroxyl groups is 1. The molecule has 1 atom stereocenters. The van der Waals surface area contributed by atoms with Gasteiger partial charge in [-0.1, -0.05) is 61.8 Å². The lowest BCUT2D eigenvalue weighted by molar-refractivity contribution is -0.118. The van der Waals surface area contributed by atoms with Crippen molar-refractivity contribution in [3.8, 4) is 0 Å². The van der Waals surface area contributed by atoms with Crippen LogP contribution in [0.2, 0.25) is 5.02 Å². The van der Waals surface area contributed by atoms with Crippen molar-refractivity contribution in [2.75, 3.05) is 4.90 Å². The highest BCUT2D eigenvalue weighted by Crippen LogP contribution is 2.51. The highest BCUT2D eigenvalue weighted by molar-refractivity contribution is 6.30. The summed E-state index contributed by atoms with van der Waals surface area (Å²) in [5.41, 5.74) is 3.32. The molecule has 0 spiro atoms. The maximum atomic E-state index is 15.4. The molecule has 0 aromatic heterocycles. The van der Waals surface area contributed by atoms with Gasteiger partial charge in [0.25, 0.3) is 0 Å². The lowest BCUT2D eigenvalue weighted by Crippen LogP contribution is -2.45. The van der Waals surface area contributed by atoms with Gasteiger partial charge < -0.3 is 5.11 Å². The predicted octanol–water partition coefficient (Wildman–Crippen LogP) is 7.98. The summed E-state index contributed by atoms with van der Waals surface area (Å²) in [6.07, 6.45) is 0.825. The summed E-state index contributed by atoms with van der Waals surface area (Å²) in [6.45, 7) is 6.01. The third-order valence-electron chi connectivity index (χ3n) is 7.17. The monoisotopic (exact) mass is 514 g/mol. The first-order valence-corrected chi connectivity index (χ1v) is 12.6. The van der Waals surface area contributed by atoms with Crippen molar-refractivity contribution in [1.29, 1.82) is 5.41 Å². The molecule has 6 heteroatoms. The first-order valence-electron chi connectivity index (χ1n) is 12.2. The molecule has 5 rings (SSSR count). The Hall–Kier alpha value is -3.70. The Morgan fingerprint density at radius 1 is 1.03 bits per heavy atom. The molecule has 2 aliphatic rings. The van der Waals surface area contributed by atoms with E-state index in [4.69, 9.17) is 11.6 Å². The van der Waals surface area contributed by atoms with Crippen LogP contribution in [0.1, 0.15) is 49.3 Å². The topological polar surface area (TPSA) is 64.4 Å². The fraction of sp³-hybridized carbons (Fsp3) is 0.226. The normalized spacial score (nSPS) is 20.7. The van der Waals surface area contributed by atoms with Crippen molar-refractivity contribution in [1.82, 2.24) is 0 Å². The van der Waals surface area contributed by atoms with Crippen molar-refractivity contribution in [2.45, 2.75) is 39.5 Å². The summed E-state index contributed by atoms with van der Waals surface area (Å²) in [5.74, 6) is -1.69. The molecule has 3 aromatic carbocycles. The average molecular weight is 515 g/mol. The molecule has 1 heterocycles. The third-order valence-corrected chi connectivity index (χ3v) is 7.42. The highest BCUT2D eigenvalue weighted by atomic mass is 35.5. The zero-order chi connectivity index (χ0) is 26.5. The zero-order valence-corrected chi connectivity index (χ0v) is 21.7. The van der Waals surface area contributed by atoms with Gasteiger partial charge in [0, 0.05) is 45.3 Å². The van der Waals surface area contributed by atoms with E-state index >= 15 is 4.39 Å². The second-order valence-electron chi connectivity index (χ2n) is 10.5. The SMILES string of the molecule is Cc1ccccc1N1C(=N)/C(=C(/O)c2ccc(Cl)cc2)C(c2ccccc2F)C2=C1CC(C)(C)CC2=O. The Labute approximate surface area is 221 Å². The Kier molecular flexibility index (Phi) is 6.28. The molecule has 4 nitrogen and oxygen atoms in total. The molecule has 1 aliphatic heterocycles. The Balaban J connectivity index is 1.89. The smallest absolute Gasteiger partial charge is 0.162 e. The van der Waals surface area contributed by atoms with Crippen LogP contribution in [0.3, 0.4) is 0 Å². The number of carbonyl (C=O) groups excluding carboxylic acids is 1. The summed E-state index contributed by atoms with van der Waals surface area (Å²) in [7, 11) is 0. The van der Waals surface area contributed by atoms with Crippen LogP contribution in [0.15, 0.2) is 89.6 Å². The van der Waals surface area contributed by atoms with Crippen molar-refractivity contribution in [3.05, 3.63) is 117 Å². The summed E-state index contributed by atoms with van der Waals surface area (Å²) in [6, 6.07) is 20.6. The molecule has 1 aliphatic carbocycles. The number of rotatable bonds is 3. The summed E-state index contributed by atoms with van der Waals surface area (Å²) in [4.78, 5) is 15.6. The number of aliphatic hydroxyl groups excluding tert-OH is 1. The van der Waals surface area contributed by atoms with E-state index in [9.17, 15) is 15.3 Å². The minimum atomic E-state index is -0.928. The molecule has 0 saturated heterocycles. The molecule has 0 amide bonds. The molecule has 3 aromatic rings. The maximum Gasteiger partial charge on any atom is 0.162 e. The number of nitrogens with one attached hydrogen (secondary N) is 1. The van der Waals surface area contributed by atoms with Gasteiger partial charge in [0.2, 0.25) is 0 Å². The number of hydrogen-bond acceptors (Lipinski definition) is 3. The number of para-hydroxylation sites is 1. The number of hydrogen-bond donors (Lipinski definition) is 2. The Morgan fingerprint density at radius 2 is 1.68 bits per heavy atom. The minimum Gasteiger partial charge on any atom is -0.507 e. The van der Waals surface area contributed by atoms with Crippen LogP contribution in [0.5, 0.6) is 0 Å². The number of anilines is 1. The van der Waals surface area contributed by atoms with Gasteiger partial charge in [-0.25, -0.2) is 4.39 Å². The molecule has 0 radical (unpaired) electrons. The van der Waals surface area contributed by atoms with E-state index in [-0.39, 0.29) is 33.9 Å². The van der Waals surface area contributed by atoms with Gasteiger partial charge in [-0.15, -0.1) is 0 Å². The molecule has 2 N–H and O–H groups in total. The largest absolute Gasteiger partial charge is 0.507 e. The fourth-order valence-corrected chi connectivity index (χ4v) is 5.60. The first kappa shape index (κ1) is 25.0. The van der Waals surface area contributed by atoms with Gasteiger partial charge in [-0.3, -0.25) is 15.1 Å². The van der Waals surface area contributed by atoms with Crippen LogP contribution < -0.4 is 4.90 Å². The molecule has 0 saturated carbocycles. The number of Topliss-reactive ketones (excluding diaryl/α,β-unsaturated/α-hetero) is 1. The predicted molar refractivity (Wildman–Crippen MR) is 147 cm³/mol. The standard InChI is InChI=1S/C31H28ClFN2O2/c1-18-8-4-7-11-23(18)35-24-16-31(2,3)17-25(36)27(24)26(21-9-5-6-10-22(21)33)28(30(35)34)29(37)19-12-14-20(32)15-13-19/h4-15,26,34,37H,16-17H2,1-3H3/b29-28+,34-30?. The van der Waals surface area contributed by atoms with Gasteiger partial charge in [0.05, 0.1) is 5.69 Å². The molecule has 0 bridgehead atoms. The van der Waals surface area contributed by atoms with Gasteiger partial charge in [0.15, 0.2) is 5.78 Å². The number of carbonyl (C=O) groups is 1. The number of allylic oxidation sites excluding steroid dienone is 2. The highest BCUT2D eigenvalue weighted by Gasteiger charge is 2.47. The van der Waals surface area contributed by atoms with Crippen LogP contribution in [-0.2, 0) is 4.79 Å². The molecule has 0 fully saturated rings. The fourth-order valence-electron chi connectivity index (χ4n) is 5.48.